The molecule has 0 amide bonds. The van der Waals surface area contributed by atoms with Crippen LogP contribution in [0.15, 0.2) is 35.0 Å². The van der Waals surface area contributed by atoms with Crippen LogP contribution in [-0.4, -0.2) is 13.7 Å². The van der Waals surface area contributed by atoms with Gasteiger partial charge >= 0.3 is 0 Å². The Morgan fingerprint density at radius 3 is 2.72 bits per heavy atom. The van der Waals surface area contributed by atoms with E-state index in [1.54, 1.807) is 17.4 Å². The summed E-state index contributed by atoms with van der Waals surface area (Å²) in [5, 5.41) is 7.47. The molecule has 1 atom stereocenters. The summed E-state index contributed by atoms with van der Waals surface area (Å²) in [6.07, 6.45) is 0. The van der Waals surface area contributed by atoms with E-state index in [1.165, 1.54) is 13.2 Å². The molecule has 0 bridgehead atoms. The summed E-state index contributed by atoms with van der Waals surface area (Å²) in [6, 6.07) is 7.18. The molecule has 0 spiro atoms. The normalized spacial score (nSPS) is 12.4. The first kappa shape index (κ1) is 13.1. The largest absolute Gasteiger partial charge is 0.494 e. The molecule has 1 aromatic carbocycles. The molecule has 2 nitrogen and oxygen atoms in total. The summed E-state index contributed by atoms with van der Waals surface area (Å²) in [6.45, 7) is 2.87. The average molecular weight is 265 g/mol. The average Bonchev–Trinajstić information content (AvgIpc) is 2.89. The van der Waals surface area contributed by atoms with Crippen molar-refractivity contribution in [2.75, 3.05) is 13.7 Å². The second-order valence-electron chi connectivity index (χ2n) is 3.94. The summed E-state index contributed by atoms with van der Waals surface area (Å²) in [5.41, 5.74) is 2.07. The first-order chi connectivity index (χ1) is 8.76. The molecule has 0 aliphatic carbocycles. The molecule has 1 unspecified atom stereocenters. The monoisotopic (exact) mass is 265 g/mol. The van der Waals surface area contributed by atoms with Gasteiger partial charge in [-0.3, -0.25) is 0 Å². The molecular formula is C14H16FNOS. The van der Waals surface area contributed by atoms with Crippen molar-refractivity contribution < 1.29 is 9.13 Å². The lowest BCUT2D eigenvalue weighted by Gasteiger charge is -2.18. The van der Waals surface area contributed by atoms with Crippen molar-refractivity contribution in [2.24, 2.45) is 0 Å². The lowest BCUT2D eigenvalue weighted by atomic mass is 10.0. The van der Waals surface area contributed by atoms with Crippen LogP contribution < -0.4 is 10.1 Å². The van der Waals surface area contributed by atoms with Crippen molar-refractivity contribution in [3.8, 4) is 5.75 Å². The predicted octanol–water partition coefficient (Wildman–Crippen LogP) is 3.59. The first-order valence-corrected chi connectivity index (χ1v) is 6.79. The van der Waals surface area contributed by atoms with Crippen LogP contribution in [0.3, 0.4) is 0 Å². The van der Waals surface area contributed by atoms with Crippen LogP contribution in [0, 0.1) is 5.82 Å². The van der Waals surface area contributed by atoms with Gasteiger partial charge < -0.3 is 10.1 Å². The number of rotatable bonds is 5. The minimum atomic E-state index is -0.326. The number of halogens is 1. The molecule has 0 saturated carbocycles. The van der Waals surface area contributed by atoms with E-state index in [-0.39, 0.29) is 17.6 Å². The van der Waals surface area contributed by atoms with E-state index in [9.17, 15) is 4.39 Å². The number of benzene rings is 1. The molecule has 1 heterocycles. The maximum atomic E-state index is 13.7. The Bertz CT molecular complexity index is 499. The Hall–Kier alpha value is -1.39. The Kier molecular flexibility index (Phi) is 4.33. The zero-order valence-corrected chi connectivity index (χ0v) is 11.3. The molecule has 0 aliphatic heterocycles. The number of ether oxygens (including phenoxy) is 1. The maximum Gasteiger partial charge on any atom is 0.165 e. The minimum Gasteiger partial charge on any atom is -0.494 e. The number of nitrogens with one attached hydrogen (secondary N) is 1. The highest BCUT2D eigenvalue weighted by atomic mass is 32.1. The van der Waals surface area contributed by atoms with Crippen LogP contribution in [0.2, 0.25) is 0 Å². The van der Waals surface area contributed by atoms with Crippen LogP contribution in [-0.2, 0) is 0 Å². The van der Waals surface area contributed by atoms with Gasteiger partial charge in [0.1, 0.15) is 0 Å². The van der Waals surface area contributed by atoms with Crippen molar-refractivity contribution in [3.05, 3.63) is 52.0 Å². The van der Waals surface area contributed by atoms with Crippen LogP contribution in [0.25, 0.3) is 0 Å². The molecule has 2 aromatic rings. The number of methoxy groups -OCH3 is 1. The standard InChI is InChI=1S/C14H16FNOS/c1-3-16-14(11-6-7-18-9-11)10-4-5-13(17-2)12(15)8-10/h4-9,14,16H,3H2,1-2H3. The van der Waals surface area contributed by atoms with Crippen molar-refractivity contribution >= 4 is 11.3 Å². The van der Waals surface area contributed by atoms with E-state index >= 15 is 0 Å². The van der Waals surface area contributed by atoms with Gasteiger partial charge in [0.15, 0.2) is 11.6 Å². The van der Waals surface area contributed by atoms with Gasteiger partial charge in [-0.05, 0) is 46.6 Å². The predicted molar refractivity (Wildman–Crippen MR) is 72.8 cm³/mol. The SMILES string of the molecule is CCNC(c1ccsc1)c1ccc(OC)c(F)c1. The lowest BCUT2D eigenvalue weighted by molar-refractivity contribution is 0.385. The fourth-order valence-electron chi connectivity index (χ4n) is 1.93. The highest BCUT2D eigenvalue weighted by Crippen LogP contribution is 2.27. The molecule has 1 aromatic heterocycles. The summed E-state index contributed by atoms with van der Waals surface area (Å²) in [7, 11) is 1.47. The van der Waals surface area contributed by atoms with Gasteiger partial charge in [0.2, 0.25) is 0 Å². The smallest absolute Gasteiger partial charge is 0.165 e. The van der Waals surface area contributed by atoms with Crippen molar-refractivity contribution in [1.29, 1.82) is 0 Å². The zero-order chi connectivity index (χ0) is 13.0. The van der Waals surface area contributed by atoms with Gasteiger partial charge in [0.25, 0.3) is 0 Å². The summed E-state index contributed by atoms with van der Waals surface area (Å²) >= 11 is 1.64. The fourth-order valence-corrected chi connectivity index (χ4v) is 2.62. The molecule has 1 N–H and O–H groups in total. The van der Waals surface area contributed by atoms with Gasteiger partial charge in [-0.15, -0.1) is 0 Å². The van der Waals surface area contributed by atoms with E-state index in [2.05, 4.69) is 16.8 Å². The quantitative estimate of drug-likeness (QED) is 0.892. The van der Waals surface area contributed by atoms with Crippen molar-refractivity contribution in [1.82, 2.24) is 5.32 Å². The Labute approximate surface area is 110 Å². The highest BCUT2D eigenvalue weighted by molar-refractivity contribution is 7.08. The third-order valence-corrected chi connectivity index (χ3v) is 3.50. The topological polar surface area (TPSA) is 21.3 Å². The minimum absolute atomic E-state index is 0.0293. The molecule has 4 heteroatoms. The van der Waals surface area contributed by atoms with Crippen molar-refractivity contribution in [2.45, 2.75) is 13.0 Å². The Morgan fingerprint density at radius 2 is 2.17 bits per heavy atom. The van der Waals surface area contributed by atoms with Crippen LogP contribution in [0.4, 0.5) is 4.39 Å². The Balaban J connectivity index is 2.34. The van der Waals surface area contributed by atoms with Crippen LogP contribution in [0.1, 0.15) is 24.1 Å². The molecule has 0 fully saturated rings. The van der Waals surface area contributed by atoms with E-state index in [0.717, 1.165) is 17.7 Å². The summed E-state index contributed by atoms with van der Waals surface area (Å²) < 4.78 is 18.7. The second kappa shape index (κ2) is 5.98. The van der Waals surface area contributed by atoms with Gasteiger partial charge in [-0.2, -0.15) is 11.3 Å². The molecule has 96 valence electrons. The zero-order valence-electron chi connectivity index (χ0n) is 10.4. The highest BCUT2D eigenvalue weighted by Gasteiger charge is 2.15. The second-order valence-corrected chi connectivity index (χ2v) is 4.72. The van der Waals surface area contributed by atoms with Gasteiger partial charge in [0, 0.05) is 0 Å². The molecule has 0 radical (unpaired) electrons. The number of hydrogen-bond acceptors (Lipinski definition) is 3. The van der Waals surface area contributed by atoms with Crippen LogP contribution in [0.5, 0.6) is 5.75 Å². The van der Waals surface area contributed by atoms with Crippen LogP contribution >= 0.6 is 11.3 Å². The summed E-state index contributed by atoms with van der Waals surface area (Å²) in [5.74, 6) is -0.0487. The third-order valence-electron chi connectivity index (χ3n) is 2.79. The van der Waals surface area contributed by atoms with E-state index < -0.39 is 0 Å². The third kappa shape index (κ3) is 2.71. The van der Waals surface area contributed by atoms with E-state index in [4.69, 9.17) is 4.74 Å². The molecular weight excluding hydrogens is 249 g/mol. The van der Waals surface area contributed by atoms with Crippen molar-refractivity contribution in [3.63, 3.8) is 0 Å². The number of thiophene rings is 1. The van der Waals surface area contributed by atoms with Gasteiger partial charge in [0.05, 0.1) is 13.2 Å². The number of hydrogen-bond donors (Lipinski definition) is 1. The lowest BCUT2D eigenvalue weighted by Crippen LogP contribution is -2.21. The van der Waals surface area contributed by atoms with E-state index in [0.29, 0.717) is 0 Å². The first-order valence-electron chi connectivity index (χ1n) is 5.85. The summed E-state index contributed by atoms with van der Waals surface area (Å²) in [4.78, 5) is 0. The van der Waals surface area contributed by atoms with E-state index in [1.807, 2.05) is 18.4 Å². The maximum absolute atomic E-state index is 13.7. The molecule has 18 heavy (non-hydrogen) atoms. The fraction of sp³-hybridized carbons (Fsp3) is 0.286. The van der Waals surface area contributed by atoms with Gasteiger partial charge in [-0.25, -0.2) is 4.39 Å². The molecule has 2 rings (SSSR count). The molecule has 0 aliphatic rings. The molecule has 0 saturated heterocycles. The van der Waals surface area contributed by atoms with Gasteiger partial charge in [-0.1, -0.05) is 13.0 Å². The Morgan fingerprint density at radius 1 is 1.33 bits per heavy atom.